The lowest BCUT2D eigenvalue weighted by Crippen LogP contribution is -2.37. The van der Waals surface area contributed by atoms with Crippen molar-refractivity contribution in [2.45, 2.75) is 38.4 Å². The number of amides is 1. The first-order valence-electron chi connectivity index (χ1n) is 8.06. The van der Waals surface area contributed by atoms with E-state index in [1.54, 1.807) is 17.7 Å². The number of para-hydroxylation sites is 1. The molecule has 2 heterocycles. The van der Waals surface area contributed by atoms with Crippen LogP contribution in [-0.2, 0) is 11.3 Å². The molecule has 1 N–H and O–H groups in total. The van der Waals surface area contributed by atoms with Crippen molar-refractivity contribution in [1.82, 2.24) is 9.55 Å². The summed E-state index contributed by atoms with van der Waals surface area (Å²) in [7, 11) is 0. The van der Waals surface area contributed by atoms with E-state index in [2.05, 4.69) is 24.1 Å². The maximum absolute atomic E-state index is 12.7. The zero-order chi connectivity index (χ0) is 17.3. The van der Waals surface area contributed by atoms with Gasteiger partial charge in [0, 0.05) is 29.7 Å². The van der Waals surface area contributed by atoms with E-state index >= 15 is 0 Å². The van der Waals surface area contributed by atoms with E-state index in [4.69, 9.17) is 0 Å². The predicted octanol–water partition coefficient (Wildman–Crippen LogP) is 3.04. The van der Waals surface area contributed by atoms with Crippen LogP contribution in [0.25, 0.3) is 0 Å². The number of fused-ring (bicyclic) bond motifs is 1. The predicted molar refractivity (Wildman–Crippen MR) is 96.6 cm³/mol. The second-order valence-electron chi connectivity index (χ2n) is 6.38. The number of anilines is 1. The van der Waals surface area contributed by atoms with Crippen LogP contribution in [0.15, 0.2) is 40.4 Å². The summed E-state index contributed by atoms with van der Waals surface area (Å²) in [6.07, 6.45) is 1.60. The summed E-state index contributed by atoms with van der Waals surface area (Å²) in [5.74, 6) is 0.668. The highest BCUT2D eigenvalue weighted by molar-refractivity contribution is 7.99. The highest BCUT2D eigenvalue weighted by Crippen LogP contribution is 2.28. The molecule has 24 heavy (non-hydrogen) atoms. The van der Waals surface area contributed by atoms with Gasteiger partial charge in [-0.1, -0.05) is 43.8 Å². The first-order chi connectivity index (χ1) is 11.5. The third-order valence-electron chi connectivity index (χ3n) is 4.21. The average molecular weight is 343 g/mol. The second-order valence-corrected chi connectivity index (χ2v) is 7.37. The number of hydrogen-bond acceptors (Lipinski definition) is 4. The molecule has 0 bridgehead atoms. The second kappa shape index (κ2) is 6.81. The van der Waals surface area contributed by atoms with Crippen LogP contribution in [0.4, 0.5) is 5.69 Å². The molecule has 5 nitrogen and oxygen atoms in total. The van der Waals surface area contributed by atoms with E-state index in [1.165, 1.54) is 11.8 Å². The Kier molecular flexibility index (Phi) is 4.76. The first kappa shape index (κ1) is 16.8. The van der Waals surface area contributed by atoms with Crippen LogP contribution >= 0.6 is 11.8 Å². The van der Waals surface area contributed by atoms with Gasteiger partial charge < -0.3 is 5.32 Å². The Balaban J connectivity index is 1.80. The summed E-state index contributed by atoms with van der Waals surface area (Å²) < 4.78 is 1.61. The maximum atomic E-state index is 12.7. The Morgan fingerprint density at radius 3 is 2.88 bits per heavy atom. The summed E-state index contributed by atoms with van der Waals surface area (Å²) in [4.78, 5) is 29.2. The van der Waals surface area contributed by atoms with E-state index in [0.29, 0.717) is 28.9 Å². The van der Waals surface area contributed by atoms with Crippen molar-refractivity contribution in [2.24, 2.45) is 5.92 Å². The molecule has 6 heteroatoms. The van der Waals surface area contributed by atoms with Gasteiger partial charge >= 0.3 is 0 Å². The van der Waals surface area contributed by atoms with Crippen molar-refractivity contribution in [3.8, 4) is 0 Å². The highest BCUT2D eigenvalue weighted by atomic mass is 32.2. The van der Waals surface area contributed by atoms with E-state index in [-0.39, 0.29) is 17.4 Å². The number of carbonyl (C=O) groups is 1. The quantitative estimate of drug-likeness (QED) is 0.870. The molecule has 1 atom stereocenters. The highest BCUT2D eigenvalue weighted by Gasteiger charge is 2.27. The number of carbonyl (C=O) groups excluding carboxylic acids is 1. The molecular weight excluding hydrogens is 322 g/mol. The lowest BCUT2D eigenvalue weighted by molar-refractivity contribution is -0.119. The van der Waals surface area contributed by atoms with Crippen LogP contribution in [0, 0.1) is 12.8 Å². The van der Waals surface area contributed by atoms with Crippen LogP contribution in [0.2, 0.25) is 0 Å². The monoisotopic (exact) mass is 343 g/mol. The summed E-state index contributed by atoms with van der Waals surface area (Å²) in [6, 6.07) is 7.86. The SMILES string of the molecule is Cc1cnc2n(c1=O)CC(C(=O)Nc1ccccc1C(C)C)CS2. The van der Waals surface area contributed by atoms with Gasteiger partial charge in [-0.05, 0) is 24.5 Å². The first-order valence-corrected chi connectivity index (χ1v) is 9.05. The van der Waals surface area contributed by atoms with Crippen molar-refractivity contribution in [3.63, 3.8) is 0 Å². The molecule has 1 aliphatic heterocycles. The van der Waals surface area contributed by atoms with Crippen LogP contribution in [-0.4, -0.2) is 21.2 Å². The molecule has 1 amide bonds. The number of rotatable bonds is 3. The Bertz CT molecular complexity index is 829. The van der Waals surface area contributed by atoms with Gasteiger partial charge in [0.25, 0.3) is 5.56 Å². The number of thioether (sulfide) groups is 1. The zero-order valence-electron chi connectivity index (χ0n) is 14.1. The molecule has 1 aromatic carbocycles. The van der Waals surface area contributed by atoms with Crippen molar-refractivity contribution < 1.29 is 4.79 Å². The molecular formula is C18H21N3O2S. The van der Waals surface area contributed by atoms with Crippen LogP contribution in [0.1, 0.15) is 30.9 Å². The van der Waals surface area contributed by atoms with Crippen LogP contribution < -0.4 is 10.9 Å². The van der Waals surface area contributed by atoms with Gasteiger partial charge in [-0.3, -0.25) is 14.2 Å². The third kappa shape index (κ3) is 3.24. The lowest BCUT2D eigenvalue weighted by Gasteiger charge is -2.25. The minimum absolute atomic E-state index is 0.0466. The van der Waals surface area contributed by atoms with Crippen molar-refractivity contribution in [1.29, 1.82) is 0 Å². The van der Waals surface area contributed by atoms with E-state index < -0.39 is 0 Å². The van der Waals surface area contributed by atoms with Gasteiger partial charge in [0.1, 0.15) is 0 Å². The minimum Gasteiger partial charge on any atom is -0.326 e. The summed E-state index contributed by atoms with van der Waals surface area (Å²) in [5, 5.41) is 3.73. The largest absolute Gasteiger partial charge is 0.326 e. The Morgan fingerprint density at radius 2 is 2.12 bits per heavy atom. The van der Waals surface area contributed by atoms with Crippen molar-refractivity contribution in [3.05, 3.63) is 51.9 Å². The molecule has 1 unspecified atom stereocenters. The molecule has 1 aromatic heterocycles. The number of nitrogens with zero attached hydrogens (tertiary/aromatic N) is 2. The number of aromatic nitrogens is 2. The van der Waals surface area contributed by atoms with Gasteiger partial charge in [0.05, 0.1) is 5.92 Å². The standard InChI is InChI=1S/C18H21N3O2S/c1-11(2)14-6-4-5-7-15(14)20-16(22)13-9-21-17(23)12(3)8-19-18(21)24-10-13/h4-8,11,13H,9-10H2,1-3H3,(H,20,22). The average Bonchev–Trinajstić information content (AvgIpc) is 2.58. The Morgan fingerprint density at radius 1 is 1.38 bits per heavy atom. The molecule has 0 aliphatic carbocycles. The van der Waals surface area contributed by atoms with Gasteiger partial charge in [-0.15, -0.1) is 0 Å². The summed E-state index contributed by atoms with van der Waals surface area (Å²) in [5.41, 5.74) is 2.51. The maximum Gasteiger partial charge on any atom is 0.257 e. The molecule has 0 radical (unpaired) electrons. The molecule has 3 rings (SSSR count). The molecule has 2 aromatic rings. The van der Waals surface area contributed by atoms with Gasteiger partial charge in [-0.25, -0.2) is 4.98 Å². The number of aryl methyl sites for hydroxylation is 1. The van der Waals surface area contributed by atoms with Crippen molar-refractivity contribution in [2.75, 3.05) is 11.1 Å². The Labute approximate surface area is 145 Å². The fourth-order valence-electron chi connectivity index (χ4n) is 2.81. The smallest absolute Gasteiger partial charge is 0.257 e. The third-order valence-corrected chi connectivity index (χ3v) is 5.36. The molecule has 0 fully saturated rings. The molecule has 0 saturated carbocycles. The van der Waals surface area contributed by atoms with E-state index in [9.17, 15) is 9.59 Å². The lowest BCUT2D eigenvalue weighted by atomic mass is 10.0. The minimum atomic E-state index is -0.246. The summed E-state index contributed by atoms with van der Waals surface area (Å²) >= 11 is 1.46. The van der Waals surface area contributed by atoms with Gasteiger partial charge in [0.15, 0.2) is 5.16 Å². The molecule has 126 valence electrons. The van der Waals surface area contributed by atoms with Crippen molar-refractivity contribution >= 4 is 23.4 Å². The summed E-state index contributed by atoms with van der Waals surface area (Å²) in [6.45, 7) is 6.33. The van der Waals surface area contributed by atoms with Crippen LogP contribution in [0.5, 0.6) is 0 Å². The topological polar surface area (TPSA) is 64.0 Å². The number of benzene rings is 1. The van der Waals surface area contributed by atoms with E-state index in [1.807, 2.05) is 24.3 Å². The fourth-order valence-corrected chi connectivity index (χ4v) is 3.86. The zero-order valence-corrected chi connectivity index (χ0v) is 14.9. The van der Waals surface area contributed by atoms with Gasteiger partial charge in [0.2, 0.25) is 5.91 Å². The van der Waals surface area contributed by atoms with Gasteiger partial charge in [-0.2, -0.15) is 0 Å². The van der Waals surface area contributed by atoms with E-state index in [0.717, 1.165) is 11.3 Å². The van der Waals surface area contributed by atoms with Crippen LogP contribution in [0.3, 0.4) is 0 Å². The fraction of sp³-hybridized carbons (Fsp3) is 0.389. The molecule has 0 saturated heterocycles. The Hall–Kier alpha value is -2.08. The normalized spacial score (nSPS) is 16.8. The molecule has 1 aliphatic rings. The molecule has 0 spiro atoms. The number of nitrogens with one attached hydrogen (secondary N) is 1. The number of hydrogen-bond donors (Lipinski definition) is 1.